The molecule has 1 N–H and O–H groups in total. The molecule has 0 atom stereocenters. The molecule has 0 amide bonds. The number of nitrogens with zero attached hydrogens (tertiary/aromatic N) is 4. The van der Waals surface area contributed by atoms with Crippen molar-refractivity contribution in [3.8, 4) is 0 Å². The molecule has 0 aliphatic rings. The van der Waals surface area contributed by atoms with Gasteiger partial charge < -0.3 is 19.7 Å². The number of anilines is 1. The molecule has 0 fully saturated rings. The quantitative estimate of drug-likeness (QED) is 0.424. The topological polar surface area (TPSA) is 36.3 Å². The van der Waals surface area contributed by atoms with Crippen molar-refractivity contribution in [2.75, 3.05) is 32.1 Å². The van der Waals surface area contributed by atoms with Gasteiger partial charge in [0, 0.05) is 58.4 Å². The van der Waals surface area contributed by atoms with Crippen LogP contribution in [0.4, 0.5) is 5.69 Å². The molecule has 1 aromatic heterocycles. The zero-order valence-electron chi connectivity index (χ0n) is 17.6. The molecule has 2 rings (SSSR count). The summed E-state index contributed by atoms with van der Waals surface area (Å²) in [4.78, 5) is 8.53. The van der Waals surface area contributed by atoms with Gasteiger partial charge in [0.2, 0.25) is 0 Å². The fourth-order valence-corrected chi connectivity index (χ4v) is 3.35. The van der Waals surface area contributed by atoms with Gasteiger partial charge in [-0.2, -0.15) is 0 Å². The highest BCUT2D eigenvalue weighted by atomic mass is 32.1. The summed E-state index contributed by atoms with van der Waals surface area (Å²) >= 11 is 5.72. The zero-order valence-corrected chi connectivity index (χ0v) is 18.4. The summed E-state index contributed by atoms with van der Waals surface area (Å²) in [6.45, 7) is 5.90. The van der Waals surface area contributed by atoms with Crippen LogP contribution in [-0.2, 0) is 13.1 Å². The Balaban J connectivity index is 1.90. The van der Waals surface area contributed by atoms with Crippen LogP contribution in [-0.4, -0.2) is 46.7 Å². The molecule has 0 bridgehead atoms. The van der Waals surface area contributed by atoms with E-state index in [0.717, 1.165) is 37.7 Å². The van der Waals surface area contributed by atoms with Crippen molar-refractivity contribution in [3.63, 3.8) is 0 Å². The lowest BCUT2D eigenvalue weighted by Gasteiger charge is -2.26. The molecule has 0 radical (unpaired) electrons. The lowest BCUT2D eigenvalue weighted by Crippen LogP contribution is -2.40. The number of rotatable bonds is 12. The van der Waals surface area contributed by atoms with E-state index in [2.05, 4.69) is 70.0 Å². The number of thiocarbonyl (C=S) groups is 1. The average molecular weight is 402 g/mol. The smallest absolute Gasteiger partial charge is 0.169 e. The first-order chi connectivity index (χ1) is 13.6. The number of nitrogens with one attached hydrogen (secondary N) is 1. The van der Waals surface area contributed by atoms with Gasteiger partial charge in [0.1, 0.15) is 0 Å². The number of hydrogen-bond acceptors (Lipinski definition) is 3. The first kappa shape index (κ1) is 22.2. The normalized spacial score (nSPS) is 10.7. The molecule has 0 unspecified atom stereocenters. The summed E-state index contributed by atoms with van der Waals surface area (Å²) in [5, 5.41) is 4.33. The number of benzene rings is 1. The summed E-state index contributed by atoms with van der Waals surface area (Å²) in [7, 11) is 4.13. The van der Waals surface area contributed by atoms with Gasteiger partial charge in [-0.1, -0.05) is 38.3 Å². The number of aromatic nitrogens is 2. The van der Waals surface area contributed by atoms with Gasteiger partial charge in [-0.25, -0.2) is 4.98 Å². The van der Waals surface area contributed by atoms with Gasteiger partial charge >= 0.3 is 0 Å². The molecule has 1 heterocycles. The minimum atomic E-state index is 0.832. The highest BCUT2D eigenvalue weighted by molar-refractivity contribution is 7.80. The maximum atomic E-state index is 5.72. The molecule has 2 aromatic rings. The standard InChI is InChI=1S/C22H35N5S/c1-4-5-6-7-13-24-22(28)27(16-8-15-26-17-14-23-19-26)18-20-9-11-21(12-10-20)25(2)3/h9-12,14,17,19H,4-8,13,15-16,18H2,1-3H3,(H,24,28). The fourth-order valence-electron chi connectivity index (χ4n) is 3.09. The Bertz CT molecular complexity index is 667. The molecule has 5 nitrogen and oxygen atoms in total. The van der Waals surface area contributed by atoms with Crippen molar-refractivity contribution in [3.05, 3.63) is 48.5 Å². The molecule has 28 heavy (non-hydrogen) atoms. The van der Waals surface area contributed by atoms with Crippen molar-refractivity contribution in [1.29, 1.82) is 0 Å². The van der Waals surface area contributed by atoms with Crippen molar-refractivity contribution < 1.29 is 0 Å². The van der Waals surface area contributed by atoms with Crippen LogP contribution >= 0.6 is 12.2 Å². The maximum Gasteiger partial charge on any atom is 0.169 e. The molecule has 154 valence electrons. The Morgan fingerprint density at radius 2 is 1.89 bits per heavy atom. The van der Waals surface area contributed by atoms with Crippen LogP contribution in [0.15, 0.2) is 43.0 Å². The molecule has 0 spiro atoms. The molecular formula is C22H35N5S. The van der Waals surface area contributed by atoms with Crippen molar-refractivity contribution >= 4 is 23.0 Å². The van der Waals surface area contributed by atoms with Crippen LogP contribution in [0, 0.1) is 0 Å². The predicted octanol–water partition coefficient (Wildman–Crippen LogP) is 4.30. The predicted molar refractivity (Wildman–Crippen MR) is 123 cm³/mol. The van der Waals surface area contributed by atoms with E-state index in [0.29, 0.717) is 0 Å². The van der Waals surface area contributed by atoms with Gasteiger partial charge in [0.15, 0.2) is 5.11 Å². The summed E-state index contributed by atoms with van der Waals surface area (Å²) in [6.07, 6.45) is 11.7. The van der Waals surface area contributed by atoms with E-state index in [1.165, 1.54) is 36.9 Å². The SMILES string of the molecule is CCCCCCNC(=S)N(CCCn1ccnc1)Cc1ccc(N(C)C)cc1. The highest BCUT2D eigenvalue weighted by Gasteiger charge is 2.10. The van der Waals surface area contributed by atoms with E-state index < -0.39 is 0 Å². The Hall–Kier alpha value is -2.08. The largest absolute Gasteiger partial charge is 0.378 e. The second-order valence-corrected chi connectivity index (χ2v) is 7.82. The number of aryl methyl sites for hydroxylation is 1. The van der Waals surface area contributed by atoms with Gasteiger partial charge in [-0.15, -0.1) is 0 Å². The van der Waals surface area contributed by atoms with Crippen LogP contribution in [0.3, 0.4) is 0 Å². The molecular weight excluding hydrogens is 366 g/mol. The van der Waals surface area contributed by atoms with Gasteiger partial charge in [-0.3, -0.25) is 0 Å². The molecule has 0 aliphatic carbocycles. The molecule has 0 saturated heterocycles. The Labute approximate surface area is 175 Å². The number of unbranched alkanes of at least 4 members (excludes halogenated alkanes) is 3. The minimum Gasteiger partial charge on any atom is -0.378 e. The third kappa shape index (κ3) is 7.89. The fraction of sp³-hybridized carbons (Fsp3) is 0.545. The third-order valence-corrected chi connectivity index (χ3v) is 5.23. The number of hydrogen-bond donors (Lipinski definition) is 1. The summed E-state index contributed by atoms with van der Waals surface area (Å²) < 4.78 is 2.12. The van der Waals surface area contributed by atoms with Crippen molar-refractivity contribution in [1.82, 2.24) is 19.8 Å². The van der Waals surface area contributed by atoms with Crippen molar-refractivity contribution in [2.24, 2.45) is 0 Å². The van der Waals surface area contributed by atoms with Crippen LogP contribution in [0.1, 0.15) is 44.6 Å². The first-order valence-electron chi connectivity index (χ1n) is 10.3. The third-order valence-electron chi connectivity index (χ3n) is 4.82. The van der Waals surface area contributed by atoms with E-state index in [1.54, 1.807) is 0 Å². The minimum absolute atomic E-state index is 0.832. The van der Waals surface area contributed by atoms with E-state index >= 15 is 0 Å². The lowest BCUT2D eigenvalue weighted by molar-refractivity contribution is 0.384. The van der Waals surface area contributed by atoms with Crippen LogP contribution in [0.2, 0.25) is 0 Å². The first-order valence-corrected chi connectivity index (χ1v) is 10.8. The molecule has 0 saturated carbocycles. The van der Waals surface area contributed by atoms with Crippen LogP contribution in [0.5, 0.6) is 0 Å². The summed E-state index contributed by atoms with van der Waals surface area (Å²) in [6, 6.07) is 8.73. The Morgan fingerprint density at radius 1 is 1.11 bits per heavy atom. The highest BCUT2D eigenvalue weighted by Crippen LogP contribution is 2.14. The van der Waals surface area contributed by atoms with Gasteiger partial charge in [0.05, 0.1) is 6.33 Å². The maximum absolute atomic E-state index is 5.72. The summed E-state index contributed by atoms with van der Waals surface area (Å²) in [5.41, 5.74) is 2.50. The van der Waals surface area contributed by atoms with Gasteiger partial charge in [0.25, 0.3) is 0 Å². The second-order valence-electron chi connectivity index (χ2n) is 7.43. The van der Waals surface area contributed by atoms with Gasteiger partial charge in [-0.05, 0) is 42.8 Å². The van der Waals surface area contributed by atoms with E-state index in [4.69, 9.17) is 12.2 Å². The Kier molecular flexibility index (Phi) is 9.83. The zero-order chi connectivity index (χ0) is 20.2. The molecule has 6 heteroatoms. The number of imidazole rings is 1. The molecule has 0 aliphatic heterocycles. The second kappa shape index (κ2) is 12.4. The monoisotopic (exact) mass is 401 g/mol. The average Bonchev–Trinajstić information content (AvgIpc) is 3.21. The molecule has 1 aromatic carbocycles. The van der Waals surface area contributed by atoms with E-state index in [9.17, 15) is 0 Å². The van der Waals surface area contributed by atoms with E-state index in [1.807, 2.05) is 18.7 Å². The Morgan fingerprint density at radius 3 is 2.54 bits per heavy atom. The lowest BCUT2D eigenvalue weighted by atomic mass is 10.2. The van der Waals surface area contributed by atoms with Crippen molar-refractivity contribution in [2.45, 2.75) is 52.1 Å². The van der Waals surface area contributed by atoms with E-state index in [-0.39, 0.29) is 0 Å². The van der Waals surface area contributed by atoms with Crippen LogP contribution < -0.4 is 10.2 Å². The summed E-state index contributed by atoms with van der Waals surface area (Å²) in [5.74, 6) is 0. The van der Waals surface area contributed by atoms with Crippen LogP contribution in [0.25, 0.3) is 0 Å².